The number of aliphatic hydroxyl groups is 1. The van der Waals surface area contributed by atoms with E-state index in [4.69, 9.17) is 25.5 Å². The summed E-state index contributed by atoms with van der Waals surface area (Å²) in [5.41, 5.74) is 9.33. The number of hydrogen-bond acceptors (Lipinski definition) is 11. The third-order valence-corrected chi connectivity index (χ3v) is 8.69. The van der Waals surface area contributed by atoms with Gasteiger partial charge in [-0.3, -0.25) is 13.9 Å². The molecule has 2 aromatic rings. The topological polar surface area (TPSA) is 210 Å². The van der Waals surface area contributed by atoms with Gasteiger partial charge in [-0.25, -0.2) is 19.0 Å². The molecule has 3 heterocycles. The number of nitrogens with zero attached hydrogens (tertiary/aromatic N) is 4. The first-order valence-electron chi connectivity index (χ1n) is 15.9. The van der Waals surface area contributed by atoms with Crippen LogP contribution in [0, 0.1) is 0 Å². The maximum atomic E-state index is 15.6. The second-order valence-electron chi connectivity index (χ2n) is 11.5. The fourth-order valence-corrected chi connectivity index (χ4v) is 5.78. The summed E-state index contributed by atoms with van der Waals surface area (Å²) in [6.07, 6.45) is 17.4. The van der Waals surface area contributed by atoms with E-state index in [2.05, 4.69) is 51.3 Å². The molecule has 7 N–H and O–H groups in total. The zero-order chi connectivity index (χ0) is 33.6. The number of nitrogens with two attached hydrogens (primary N) is 2. The summed E-state index contributed by atoms with van der Waals surface area (Å²) >= 11 is 0. The summed E-state index contributed by atoms with van der Waals surface area (Å²) in [6.45, 7) is 2.27. The number of halogens is 1. The first-order valence-corrected chi connectivity index (χ1v) is 17.5. The average molecular weight is 670 g/mol. The number of fused-ring (bicyclic) bond motifs is 1. The summed E-state index contributed by atoms with van der Waals surface area (Å²) in [6, 6.07) is 0. The van der Waals surface area contributed by atoms with E-state index < -0.39 is 51.0 Å². The maximum absolute atomic E-state index is 15.6. The summed E-state index contributed by atoms with van der Waals surface area (Å²) < 4.78 is 45.0. The lowest BCUT2D eigenvalue weighted by Gasteiger charge is -2.24. The first kappa shape index (κ1) is 37.5. The van der Waals surface area contributed by atoms with Crippen molar-refractivity contribution in [2.45, 2.75) is 109 Å². The van der Waals surface area contributed by atoms with E-state index in [-0.39, 0.29) is 29.5 Å². The lowest BCUT2D eigenvalue weighted by atomic mass is 9.98. The van der Waals surface area contributed by atoms with Gasteiger partial charge in [0.1, 0.15) is 24.3 Å². The molecule has 0 spiro atoms. The van der Waals surface area contributed by atoms with Crippen molar-refractivity contribution in [1.29, 1.82) is 0 Å². The molecular weight excluding hydrogens is 620 g/mol. The molecule has 2 aromatic heterocycles. The number of unbranched alkanes of at least 4 members (excludes halogenated alkanes) is 8. The van der Waals surface area contributed by atoms with Crippen LogP contribution in [0.2, 0.25) is 0 Å². The summed E-state index contributed by atoms with van der Waals surface area (Å²) in [5, 5.41) is 12.7. The van der Waals surface area contributed by atoms with Gasteiger partial charge in [-0.05, 0) is 45.4 Å². The van der Waals surface area contributed by atoms with Crippen molar-refractivity contribution in [3.05, 3.63) is 30.6 Å². The second kappa shape index (κ2) is 18.4. The van der Waals surface area contributed by atoms with E-state index >= 15 is 4.39 Å². The number of nitrogens with one attached hydrogen (secondary N) is 1. The standard InChI is InChI=1S/C30H49FN7O7P/c1-3-4-5-6-7-8-9-10-11-12-13-14-15-16-17-18-43-23(39)19-35-46(41,42)44-20-22-25(40)30(2,31)28(45-22)38-21-34-24-26(32)36-29(33)37-27(24)38/h7-8,10-11,21-22,25,28,40H,3-6,9,12-20H2,1-2H3,(H2,35,41,42)(H4,32,33,36,37)/b8-7-,11-10-/t22-,25+,28-,30+/m1/s1. The summed E-state index contributed by atoms with van der Waals surface area (Å²) in [7, 11) is -4.52. The first-order chi connectivity index (χ1) is 22.0. The van der Waals surface area contributed by atoms with E-state index in [0.29, 0.717) is 6.42 Å². The van der Waals surface area contributed by atoms with Crippen molar-refractivity contribution < 1.29 is 37.7 Å². The molecule has 3 rings (SSSR count). The Kier molecular flexibility index (Phi) is 15.0. The van der Waals surface area contributed by atoms with Crippen LogP contribution in [0.3, 0.4) is 0 Å². The minimum absolute atomic E-state index is 0.0166. The zero-order valence-electron chi connectivity index (χ0n) is 26.7. The molecule has 1 aliphatic rings. The van der Waals surface area contributed by atoms with E-state index in [1.807, 2.05) is 0 Å². The largest absolute Gasteiger partial charge is 0.465 e. The maximum Gasteiger partial charge on any atom is 0.403 e. The number of alkyl halides is 1. The third-order valence-electron chi connectivity index (χ3n) is 7.63. The van der Waals surface area contributed by atoms with Gasteiger partial charge < -0.3 is 30.9 Å². The molecule has 0 aromatic carbocycles. The van der Waals surface area contributed by atoms with Gasteiger partial charge in [-0.2, -0.15) is 9.97 Å². The Hall–Kier alpha value is -2.94. The van der Waals surface area contributed by atoms with Crippen molar-refractivity contribution in [3.63, 3.8) is 0 Å². The number of aliphatic hydroxyl groups excluding tert-OH is 1. The van der Waals surface area contributed by atoms with Crippen LogP contribution in [0.25, 0.3) is 11.2 Å². The Labute approximate surface area is 269 Å². The number of ether oxygens (including phenoxy) is 2. The highest BCUT2D eigenvalue weighted by atomic mass is 31.2. The number of carbonyl (C=O) groups excluding carboxylic acids is 1. The number of hydrogen-bond donors (Lipinski definition) is 5. The van der Waals surface area contributed by atoms with Crippen molar-refractivity contribution in [2.75, 3.05) is 31.2 Å². The minimum Gasteiger partial charge on any atom is -0.465 e. The molecule has 0 saturated carbocycles. The van der Waals surface area contributed by atoms with Crippen LogP contribution in [0.1, 0.15) is 90.7 Å². The van der Waals surface area contributed by atoms with Gasteiger partial charge in [0.2, 0.25) is 5.95 Å². The van der Waals surface area contributed by atoms with Crippen molar-refractivity contribution in [3.8, 4) is 0 Å². The zero-order valence-corrected chi connectivity index (χ0v) is 27.6. The molecule has 46 heavy (non-hydrogen) atoms. The Balaban J connectivity index is 1.29. The lowest BCUT2D eigenvalue weighted by Crippen LogP contribution is -2.40. The Bertz CT molecular complexity index is 1360. The molecule has 258 valence electrons. The van der Waals surface area contributed by atoms with Crippen molar-refractivity contribution in [2.24, 2.45) is 0 Å². The van der Waals surface area contributed by atoms with Gasteiger partial charge in [0.05, 0.1) is 19.5 Å². The lowest BCUT2D eigenvalue weighted by molar-refractivity contribution is -0.142. The van der Waals surface area contributed by atoms with Gasteiger partial charge in [0.25, 0.3) is 0 Å². The molecule has 0 bridgehead atoms. The van der Waals surface area contributed by atoms with E-state index in [1.165, 1.54) is 30.2 Å². The van der Waals surface area contributed by atoms with Crippen LogP contribution < -0.4 is 16.6 Å². The van der Waals surface area contributed by atoms with Crippen LogP contribution in [0.4, 0.5) is 16.2 Å². The highest BCUT2D eigenvalue weighted by Gasteiger charge is 2.55. The fourth-order valence-electron chi connectivity index (χ4n) is 5.01. The van der Waals surface area contributed by atoms with Crippen LogP contribution >= 0.6 is 7.75 Å². The molecule has 0 radical (unpaired) electrons. The van der Waals surface area contributed by atoms with Crippen LogP contribution in [0.15, 0.2) is 30.6 Å². The quantitative estimate of drug-likeness (QED) is 0.0531. The molecule has 0 aliphatic carbocycles. The molecular formula is C30H49FN7O7P. The number of anilines is 2. The van der Waals surface area contributed by atoms with E-state index in [0.717, 1.165) is 51.9 Å². The molecule has 1 fully saturated rings. The number of carbonyl (C=O) groups is 1. The number of imidazole rings is 1. The van der Waals surface area contributed by atoms with Crippen LogP contribution in [-0.4, -0.2) is 73.1 Å². The predicted octanol–water partition coefficient (Wildman–Crippen LogP) is 4.65. The van der Waals surface area contributed by atoms with Gasteiger partial charge >= 0.3 is 13.7 Å². The predicted molar refractivity (Wildman–Crippen MR) is 173 cm³/mol. The molecule has 0 amide bonds. The second-order valence-corrected chi connectivity index (χ2v) is 13.1. The molecule has 1 unspecified atom stereocenters. The number of allylic oxidation sites excluding steroid dienone is 4. The number of nitrogen functional groups attached to an aromatic ring is 2. The Morgan fingerprint density at radius 1 is 1.13 bits per heavy atom. The normalized spacial score (nSPS) is 23.1. The molecule has 14 nitrogen and oxygen atoms in total. The number of aromatic nitrogens is 4. The SMILES string of the molecule is CCCCC/C=C\C/C=C\CCCCCCCOC(=O)CNP(=O)(O)OC[C@H]1O[C@@H](n2cnc3c(N)nc(N)nc32)[C@@](C)(F)[C@H]1O. The van der Waals surface area contributed by atoms with Gasteiger partial charge in [0, 0.05) is 0 Å². The highest BCUT2D eigenvalue weighted by Crippen LogP contribution is 2.44. The molecule has 1 saturated heterocycles. The monoisotopic (exact) mass is 669 g/mol. The van der Waals surface area contributed by atoms with Gasteiger partial charge in [-0.15, -0.1) is 0 Å². The fraction of sp³-hybridized carbons (Fsp3) is 0.667. The van der Waals surface area contributed by atoms with Crippen molar-refractivity contribution >= 4 is 36.6 Å². The van der Waals surface area contributed by atoms with E-state index in [1.54, 1.807) is 0 Å². The smallest absolute Gasteiger partial charge is 0.403 e. The van der Waals surface area contributed by atoms with Crippen molar-refractivity contribution in [1.82, 2.24) is 24.6 Å². The van der Waals surface area contributed by atoms with Crippen LogP contribution in [0.5, 0.6) is 0 Å². The van der Waals surface area contributed by atoms with Gasteiger partial charge in [-0.1, -0.05) is 63.3 Å². The molecule has 5 atom stereocenters. The summed E-state index contributed by atoms with van der Waals surface area (Å²) in [5.74, 6) is -0.900. The van der Waals surface area contributed by atoms with Crippen LogP contribution in [-0.2, 0) is 23.4 Å². The molecule has 1 aliphatic heterocycles. The van der Waals surface area contributed by atoms with E-state index in [9.17, 15) is 19.4 Å². The Morgan fingerprint density at radius 2 is 1.80 bits per heavy atom. The summed E-state index contributed by atoms with van der Waals surface area (Å²) in [4.78, 5) is 34.1. The average Bonchev–Trinajstić information content (AvgIpc) is 3.52. The number of esters is 1. The minimum atomic E-state index is -4.52. The highest BCUT2D eigenvalue weighted by molar-refractivity contribution is 7.50. The third kappa shape index (κ3) is 11.4. The molecule has 16 heteroatoms. The number of rotatable bonds is 21. The Morgan fingerprint density at radius 3 is 2.52 bits per heavy atom. The van der Waals surface area contributed by atoms with Gasteiger partial charge in [0.15, 0.2) is 23.4 Å².